The summed E-state index contributed by atoms with van der Waals surface area (Å²) < 4.78 is 0. The maximum atomic E-state index is 13.1. The average Bonchev–Trinajstić information content (AvgIpc) is 3.42. The zero-order valence-electron chi connectivity index (χ0n) is 18.2. The van der Waals surface area contributed by atoms with E-state index in [1.54, 1.807) is 22.9 Å². The molecule has 5 rings (SSSR count). The van der Waals surface area contributed by atoms with Gasteiger partial charge in [-0.3, -0.25) is 14.4 Å². The fraction of sp³-hybridized carbons (Fsp3) is 0.417. The van der Waals surface area contributed by atoms with E-state index in [1.807, 2.05) is 41.3 Å². The van der Waals surface area contributed by atoms with E-state index in [4.69, 9.17) is 0 Å². The third-order valence-electron chi connectivity index (χ3n) is 6.69. The largest absolute Gasteiger partial charge is 0.353 e. The van der Waals surface area contributed by atoms with E-state index in [2.05, 4.69) is 9.88 Å². The van der Waals surface area contributed by atoms with E-state index in [-0.39, 0.29) is 30.1 Å². The maximum Gasteiger partial charge on any atom is 0.228 e. The molecule has 2 fully saturated rings. The number of benzene rings is 1. The van der Waals surface area contributed by atoms with Gasteiger partial charge in [0.05, 0.1) is 5.92 Å². The minimum atomic E-state index is -0.314. The van der Waals surface area contributed by atoms with Gasteiger partial charge in [0.1, 0.15) is 5.82 Å². The van der Waals surface area contributed by atoms with Gasteiger partial charge in [0.25, 0.3) is 0 Å². The maximum absolute atomic E-state index is 13.1. The molecule has 4 heterocycles. The van der Waals surface area contributed by atoms with Crippen molar-refractivity contribution in [3.8, 4) is 0 Å². The van der Waals surface area contributed by atoms with E-state index >= 15 is 0 Å². The molecule has 3 aliphatic rings. The highest BCUT2D eigenvalue weighted by atomic mass is 16.2. The molecule has 8 heteroatoms. The Morgan fingerprint density at radius 3 is 2.56 bits per heavy atom. The number of fused-ring (bicyclic) bond motifs is 1. The van der Waals surface area contributed by atoms with Crippen molar-refractivity contribution in [3.05, 3.63) is 48.2 Å². The Labute approximate surface area is 187 Å². The molecule has 0 spiro atoms. The van der Waals surface area contributed by atoms with Crippen molar-refractivity contribution in [2.24, 2.45) is 5.92 Å². The Kier molecular flexibility index (Phi) is 5.28. The first-order chi connectivity index (χ1) is 15.5. The van der Waals surface area contributed by atoms with Crippen LogP contribution in [0.1, 0.15) is 18.9 Å². The van der Waals surface area contributed by atoms with Gasteiger partial charge in [0.2, 0.25) is 17.7 Å². The van der Waals surface area contributed by atoms with Crippen LogP contribution in [0.25, 0.3) is 0 Å². The smallest absolute Gasteiger partial charge is 0.228 e. The average molecular weight is 434 g/mol. The minimum absolute atomic E-state index is 0.0168. The summed E-state index contributed by atoms with van der Waals surface area (Å²) in [5.41, 5.74) is 2.81. The van der Waals surface area contributed by atoms with E-state index in [9.17, 15) is 14.4 Å². The number of anilines is 3. The van der Waals surface area contributed by atoms with Crippen molar-refractivity contribution in [2.45, 2.75) is 19.8 Å². The number of amides is 3. The Morgan fingerprint density at radius 1 is 1.03 bits per heavy atom. The molecule has 1 aromatic heterocycles. The predicted octanol–water partition coefficient (Wildman–Crippen LogP) is 1.69. The van der Waals surface area contributed by atoms with Gasteiger partial charge in [0.15, 0.2) is 0 Å². The van der Waals surface area contributed by atoms with Crippen LogP contribution in [0, 0.1) is 5.92 Å². The normalized spacial score (nSPS) is 20.7. The molecule has 1 atom stereocenters. The molecule has 0 saturated carbocycles. The topological polar surface area (TPSA) is 77.1 Å². The van der Waals surface area contributed by atoms with Crippen LogP contribution >= 0.6 is 0 Å². The highest BCUT2D eigenvalue weighted by Crippen LogP contribution is 2.34. The standard InChI is InChI=1S/C24H27N5O3/c1-17(30)28-9-7-18-14-20(5-6-21(18)28)29-16-19(15-23(29)31)24(32)27-12-10-26(11-13-27)22-4-2-3-8-25-22/h2-6,8,14,19H,7,9-13,15-16H2,1H3/t19-/m1/s1. The van der Waals surface area contributed by atoms with Gasteiger partial charge in [-0.2, -0.15) is 0 Å². The van der Waals surface area contributed by atoms with Crippen molar-refractivity contribution in [2.75, 3.05) is 54.0 Å². The van der Waals surface area contributed by atoms with Crippen LogP contribution in [0.4, 0.5) is 17.2 Å². The Balaban J connectivity index is 1.23. The van der Waals surface area contributed by atoms with E-state index < -0.39 is 0 Å². The first-order valence-corrected chi connectivity index (χ1v) is 11.2. The second-order valence-electron chi connectivity index (χ2n) is 8.64. The molecule has 3 aliphatic heterocycles. The zero-order chi connectivity index (χ0) is 22.2. The summed E-state index contributed by atoms with van der Waals surface area (Å²) in [7, 11) is 0. The van der Waals surface area contributed by atoms with Crippen LogP contribution < -0.4 is 14.7 Å². The predicted molar refractivity (Wildman–Crippen MR) is 122 cm³/mol. The summed E-state index contributed by atoms with van der Waals surface area (Å²) in [6.45, 7) is 5.41. The van der Waals surface area contributed by atoms with Gasteiger partial charge in [-0.1, -0.05) is 6.07 Å². The molecule has 0 N–H and O–H groups in total. The van der Waals surface area contributed by atoms with Crippen LogP contribution in [0.15, 0.2) is 42.6 Å². The molecule has 32 heavy (non-hydrogen) atoms. The molecule has 2 aromatic rings. The van der Waals surface area contributed by atoms with Gasteiger partial charge in [0, 0.05) is 70.2 Å². The fourth-order valence-corrected chi connectivity index (χ4v) is 4.96. The van der Waals surface area contributed by atoms with Crippen molar-refractivity contribution < 1.29 is 14.4 Å². The molecule has 0 radical (unpaired) electrons. The van der Waals surface area contributed by atoms with Crippen LogP contribution in [0.5, 0.6) is 0 Å². The number of aromatic nitrogens is 1. The van der Waals surface area contributed by atoms with E-state index in [0.29, 0.717) is 26.2 Å². The first-order valence-electron chi connectivity index (χ1n) is 11.2. The minimum Gasteiger partial charge on any atom is -0.353 e. The summed E-state index contributed by atoms with van der Waals surface area (Å²) in [5.74, 6) is 0.692. The molecule has 0 bridgehead atoms. The van der Waals surface area contributed by atoms with Gasteiger partial charge in [-0.25, -0.2) is 4.98 Å². The van der Waals surface area contributed by atoms with E-state index in [1.165, 1.54) is 0 Å². The number of piperazine rings is 1. The lowest BCUT2D eigenvalue weighted by Gasteiger charge is -2.36. The highest BCUT2D eigenvalue weighted by molar-refractivity contribution is 6.01. The highest BCUT2D eigenvalue weighted by Gasteiger charge is 2.38. The van der Waals surface area contributed by atoms with Crippen LogP contribution in [-0.4, -0.2) is 66.9 Å². The summed E-state index contributed by atoms with van der Waals surface area (Å²) in [6.07, 6.45) is 2.81. The molecule has 2 saturated heterocycles. The quantitative estimate of drug-likeness (QED) is 0.736. The van der Waals surface area contributed by atoms with Crippen molar-refractivity contribution in [3.63, 3.8) is 0 Å². The Morgan fingerprint density at radius 2 is 1.84 bits per heavy atom. The second-order valence-corrected chi connectivity index (χ2v) is 8.64. The summed E-state index contributed by atoms with van der Waals surface area (Å²) in [5, 5.41) is 0. The number of carbonyl (C=O) groups excluding carboxylic acids is 3. The lowest BCUT2D eigenvalue weighted by atomic mass is 10.1. The SMILES string of the molecule is CC(=O)N1CCc2cc(N3C[C@H](C(=O)N4CCN(c5ccccn5)CC4)CC3=O)ccc21. The molecule has 166 valence electrons. The summed E-state index contributed by atoms with van der Waals surface area (Å²) in [6, 6.07) is 11.6. The molecule has 1 aromatic carbocycles. The molecule has 8 nitrogen and oxygen atoms in total. The Bertz CT molecular complexity index is 1050. The lowest BCUT2D eigenvalue weighted by molar-refractivity contribution is -0.136. The summed E-state index contributed by atoms with van der Waals surface area (Å²) in [4.78, 5) is 49.6. The second kappa shape index (κ2) is 8.26. The van der Waals surface area contributed by atoms with Crippen molar-refractivity contribution in [1.29, 1.82) is 0 Å². The number of pyridine rings is 1. The number of hydrogen-bond acceptors (Lipinski definition) is 5. The monoisotopic (exact) mass is 433 g/mol. The fourth-order valence-electron chi connectivity index (χ4n) is 4.96. The molecular formula is C24H27N5O3. The molecular weight excluding hydrogens is 406 g/mol. The van der Waals surface area contributed by atoms with Crippen LogP contribution in [0.3, 0.4) is 0 Å². The van der Waals surface area contributed by atoms with Crippen LogP contribution in [-0.2, 0) is 20.8 Å². The molecule has 0 aliphatic carbocycles. The lowest BCUT2D eigenvalue weighted by Crippen LogP contribution is -2.51. The van der Waals surface area contributed by atoms with Gasteiger partial charge < -0.3 is 19.6 Å². The molecule has 3 amide bonds. The summed E-state index contributed by atoms with van der Waals surface area (Å²) >= 11 is 0. The molecule has 0 unspecified atom stereocenters. The third kappa shape index (κ3) is 3.70. The number of hydrogen-bond donors (Lipinski definition) is 0. The van der Waals surface area contributed by atoms with Crippen molar-refractivity contribution in [1.82, 2.24) is 9.88 Å². The van der Waals surface area contributed by atoms with Crippen molar-refractivity contribution >= 4 is 34.9 Å². The first kappa shape index (κ1) is 20.5. The third-order valence-corrected chi connectivity index (χ3v) is 6.69. The zero-order valence-corrected chi connectivity index (χ0v) is 18.2. The number of nitrogens with zero attached hydrogens (tertiary/aromatic N) is 5. The number of rotatable bonds is 3. The van der Waals surface area contributed by atoms with Gasteiger partial charge >= 0.3 is 0 Å². The number of carbonyl (C=O) groups is 3. The van der Waals surface area contributed by atoms with Crippen LogP contribution in [0.2, 0.25) is 0 Å². The van der Waals surface area contributed by atoms with E-state index in [0.717, 1.165) is 42.3 Å². The Hall–Kier alpha value is -3.42. The van der Waals surface area contributed by atoms with Gasteiger partial charge in [-0.15, -0.1) is 0 Å². The van der Waals surface area contributed by atoms with Gasteiger partial charge in [-0.05, 0) is 42.3 Å².